The molecule has 0 heterocycles. The molecule has 0 unspecified atom stereocenters. The van der Waals surface area contributed by atoms with Crippen LogP contribution >= 0.6 is 12.4 Å². The quantitative estimate of drug-likeness (QED) is 0.653. The lowest BCUT2D eigenvalue weighted by Crippen LogP contribution is -2.25. The van der Waals surface area contributed by atoms with E-state index in [-0.39, 0.29) is 18.3 Å². The SMILES string of the molecule is COc1ccc(CCNC(=O)CCCCCCN)cc1.Cl. The summed E-state index contributed by atoms with van der Waals surface area (Å²) in [4.78, 5) is 11.6. The summed E-state index contributed by atoms with van der Waals surface area (Å²) in [7, 11) is 1.66. The smallest absolute Gasteiger partial charge is 0.220 e. The Bertz CT molecular complexity index is 382. The van der Waals surface area contributed by atoms with Crippen LogP contribution in [0.1, 0.15) is 37.7 Å². The van der Waals surface area contributed by atoms with E-state index in [4.69, 9.17) is 10.5 Å². The van der Waals surface area contributed by atoms with Crippen LogP contribution in [-0.2, 0) is 11.2 Å². The summed E-state index contributed by atoms with van der Waals surface area (Å²) in [6, 6.07) is 7.93. The van der Waals surface area contributed by atoms with E-state index in [0.29, 0.717) is 13.0 Å². The van der Waals surface area contributed by atoms with Gasteiger partial charge in [-0.15, -0.1) is 12.4 Å². The zero-order valence-corrected chi connectivity index (χ0v) is 13.6. The molecule has 0 aliphatic carbocycles. The van der Waals surface area contributed by atoms with Crippen LogP contribution in [-0.4, -0.2) is 26.1 Å². The highest BCUT2D eigenvalue weighted by molar-refractivity contribution is 5.85. The molecule has 1 amide bonds. The van der Waals surface area contributed by atoms with Gasteiger partial charge in [0, 0.05) is 13.0 Å². The van der Waals surface area contributed by atoms with E-state index in [0.717, 1.165) is 44.4 Å². The average Bonchev–Trinajstić information content (AvgIpc) is 2.48. The monoisotopic (exact) mass is 314 g/mol. The van der Waals surface area contributed by atoms with Crippen molar-refractivity contribution in [1.29, 1.82) is 0 Å². The molecule has 1 rings (SSSR count). The van der Waals surface area contributed by atoms with Crippen molar-refractivity contribution in [3.05, 3.63) is 29.8 Å². The number of hydrogen-bond donors (Lipinski definition) is 2. The standard InChI is InChI=1S/C16H26N2O2.ClH/c1-20-15-9-7-14(8-10-15)11-13-18-16(19)6-4-2-3-5-12-17;/h7-10H,2-6,11-13,17H2,1H3,(H,18,19);1H. The number of methoxy groups -OCH3 is 1. The number of hydrogen-bond acceptors (Lipinski definition) is 3. The van der Waals surface area contributed by atoms with E-state index in [1.165, 1.54) is 5.56 Å². The van der Waals surface area contributed by atoms with Crippen molar-refractivity contribution in [2.75, 3.05) is 20.2 Å². The second kappa shape index (κ2) is 12.5. The van der Waals surface area contributed by atoms with Gasteiger partial charge in [0.15, 0.2) is 0 Å². The van der Waals surface area contributed by atoms with Crippen LogP contribution in [0.15, 0.2) is 24.3 Å². The predicted molar refractivity (Wildman–Crippen MR) is 89.1 cm³/mol. The number of unbranched alkanes of at least 4 members (excludes halogenated alkanes) is 3. The Morgan fingerprint density at radius 3 is 2.43 bits per heavy atom. The normalized spacial score (nSPS) is 9.81. The molecular formula is C16H27ClN2O2. The van der Waals surface area contributed by atoms with Gasteiger partial charge in [0.2, 0.25) is 5.91 Å². The largest absolute Gasteiger partial charge is 0.497 e. The lowest BCUT2D eigenvalue weighted by Gasteiger charge is -2.06. The zero-order chi connectivity index (χ0) is 14.6. The van der Waals surface area contributed by atoms with Crippen molar-refractivity contribution in [3.63, 3.8) is 0 Å². The van der Waals surface area contributed by atoms with E-state index < -0.39 is 0 Å². The fraction of sp³-hybridized carbons (Fsp3) is 0.562. The third-order valence-corrected chi connectivity index (χ3v) is 3.25. The molecular weight excluding hydrogens is 288 g/mol. The van der Waals surface area contributed by atoms with Crippen LogP contribution in [0.5, 0.6) is 5.75 Å². The first-order chi connectivity index (χ1) is 9.76. The highest BCUT2D eigenvalue weighted by Crippen LogP contribution is 2.11. The predicted octanol–water partition coefficient (Wildman–Crippen LogP) is 2.68. The minimum absolute atomic E-state index is 0. The Hall–Kier alpha value is -1.26. The Morgan fingerprint density at radius 1 is 1.14 bits per heavy atom. The molecule has 0 saturated carbocycles. The molecule has 120 valence electrons. The van der Waals surface area contributed by atoms with Gasteiger partial charge in [0.05, 0.1) is 7.11 Å². The number of ether oxygens (including phenoxy) is 1. The van der Waals surface area contributed by atoms with Crippen LogP contribution in [0.25, 0.3) is 0 Å². The maximum atomic E-state index is 11.6. The fourth-order valence-corrected chi connectivity index (χ4v) is 2.01. The molecule has 5 heteroatoms. The molecule has 1 aromatic carbocycles. The fourth-order valence-electron chi connectivity index (χ4n) is 2.01. The van der Waals surface area contributed by atoms with Crippen molar-refractivity contribution in [1.82, 2.24) is 5.32 Å². The lowest BCUT2D eigenvalue weighted by atomic mass is 10.1. The van der Waals surface area contributed by atoms with E-state index in [2.05, 4.69) is 5.32 Å². The second-order valence-electron chi connectivity index (χ2n) is 4.90. The van der Waals surface area contributed by atoms with Gasteiger partial charge in [-0.05, 0) is 43.5 Å². The Labute approximate surface area is 133 Å². The summed E-state index contributed by atoms with van der Waals surface area (Å²) in [5, 5.41) is 2.96. The number of halogens is 1. The Morgan fingerprint density at radius 2 is 1.81 bits per heavy atom. The minimum Gasteiger partial charge on any atom is -0.497 e. The average molecular weight is 315 g/mol. The van der Waals surface area contributed by atoms with Crippen LogP contribution < -0.4 is 15.8 Å². The van der Waals surface area contributed by atoms with E-state index in [1.807, 2.05) is 24.3 Å². The maximum Gasteiger partial charge on any atom is 0.220 e. The number of carbonyl (C=O) groups excluding carboxylic acids is 1. The number of benzene rings is 1. The summed E-state index contributed by atoms with van der Waals surface area (Å²) in [6.45, 7) is 1.43. The number of carbonyl (C=O) groups is 1. The molecule has 0 fully saturated rings. The van der Waals surface area contributed by atoms with E-state index >= 15 is 0 Å². The molecule has 21 heavy (non-hydrogen) atoms. The van der Waals surface area contributed by atoms with Crippen molar-refractivity contribution in [2.45, 2.75) is 38.5 Å². The van der Waals surface area contributed by atoms with Gasteiger partial charge in [-0.3, -0.25) is 4.79 Å². The summed E-state index contributed by atoms with van der Waals surface area (Å²) in [6.07, 6.45) is 5.68. The van der Waals surface area contributed by atoms with E-state index in [9.17, 15) is 4.79 Å². The third kappa shape index (κ3) is 9.32. The lowest BCUT2D eigenvalue weighted by molar-refractivity contribution is -0.121. The molecule has 0 radical (unpaired) electrons. The molecule has 0 aromatic heterocycles. The van der Waals surface area contributed by atoms with Gasteiger partial charge in [-0.2, -0.15) is 0 Å². The molecule has 0 atom stereocenters. The summed E-state index contributed by atoms with van der Waals surface area (Å²) in [5.41, 5.74) is 6.63. The molecule has 0 spiro atoms. The van der Waals surface area contributed by atoms with Gasteiger partial charge < -0.3 is 15.8 Å². The summed E-state index contributed by atoms with van der Waals surface area (Å²) in [5.74, 6) is 1.00. The highest BCUT2D eigenvalue weighted by Gasteiger charge is 2.01. The van der Waals surface area contributed by atoms with Crippen molar-refractivity contribution in [2.24, 2.45) is 5.73 Å². The van der Waals surface area contributed by atoms with Gasteiger partial charge >= 0.3 is 0 Å². The Kier molecular flexibility index (Phi) is 11.7. The second-order valence-corrected chi connectivity index (χ2v) is 4.90. The topological polar surface area (TPSA) is 64.3 Å². The highest BCUT2D eigenvalue weighted by atomic mass is 35.5. The van der Waals surface area contributed by atoms with Crippen molar-refractivity contribution >= 4 is 18.3 Å². The molecule has 3 N–H and O–H groups in total. The van der Waals surface area contributed by atoms with Gasteiger partial charge in [0.25, 0.3) is 0 Å². The third-order valence-electron chi connectivity index (χ3n) is 3.25. The first-order valence-electron chi connectivity index (χ1n) is 7.36. The number of rotatable bonds is 10. The molecule has 0 aliphatic rings. The summed E-state index contributed by atoms with van der Waals surface area (Å²) < 4.78 is 5.11. The van der Waals surface area contributed by atoms with Gasteiger partial charge in [-0.1, -0.05) is 25.0 Å². The number of nitrogens with one attached hydrogen (secondary N) is 1. The first-order valence-corrected chi connectivity index (χ1v) is 7.36. The van der Waals surface area contributed by atoms with Gasteiger partial charge in [0.1, 0.15) is 5.75 Å². The number of amides is 1. The van der Waals surface area contributed by atoms with Crippen molar-refractivity contribution < 1.29 is 9.53 Å². The van der Waals surface area contributed by atoms with Crippen LogP contribution in [0, 0.1) is 0 Å². The Balaban J connectivity index is 0.00000400. The molecule has 4 nitrogen and oxygen atoms in total. The first kappa shape index (κ1) is 19.7. The van der Waals surface area contributed by atoms with Crippen LogP contribution in [0.4, 0.5) is 0 Å². The van der Waals surface area contributed by atoms with Gasteiger partial charge in [-0.25, -0.2) is 0 Å². The molecule has 0 bridgehead atoms. The molecule has 1 aromatic rings. The zero-order valence-electron chi connectivity index (χ0n) is 12.8. The van der Waals surface area contributed by atoms with Crippen LogP contribution in [0.2, 0.25) is 0 Å². The maximum absolute atomic E-state index is 11.6. The van der Waals surface area contributed by atoms with E-state index in [1.54, 1.807) is 7.11 Å². The molecule has 0 saturated heterocycles. The molecule has 0 aliphatic heterocycles. The number of nitrogens with two attached hydrogens (primary N) is 1. The minimum atomic E-state index is 0. The van der Waals surface area contributed by atoms with Crippen molar-refractivity contribution in [3.8, 4) is 5.75 Å². The van der Waals surface area contributed by atoms with Crippen LogP contribution in [0.3, 0.4) is 0 Å². The summed E-state index contributed by atoms with van der Waals surface area (Å²) >= 11 is 0.